The molecule has 0 spiro atoms. The van der Waals surface area contributed by atoms with Gasteiger partial charge in [0.05, 0.1) is 0 Å². The summed E-state index contributed by atoms with van der Waals surface area (Å²) in [4.78, 5) is 3.85. The summed E-state index contributed by atoms with van der Waals surface area (Å²) < 4.78 is 0. The summed E-state index contributed by atoms with van der Waals surface area (Å²) in [5, 5.41) is 0. The van der Waals surface area contributed by atoms with Crippen molar-refractivity contribution in [3.63, 3.8) is 0 Å². The van der Waals surface area contributed by atoms with Crippen molar-refractivity contribution in [2.45, 2.75) is 39.7 Å². The molecule has 0 amide bonds. The van der Waals surface area contributed by atoms with Crippen LogP contribution in [-0.4, -0.2) is 18.5 Å². The zero-order valence-corrected chi connectivity index (χ0v) is 7.09. The molecule has 1 atom stereocenters. The molecule has 0 unspecified atom stereocenters. The lowest BCUT2D eigenvalue weighted by Gasteiger charge is -2.05. The molecule has 0 aliphatic rings. The average molecular weight is 174 g/mol. The molecule has 6 N–H and O–H groups in total. The van der Waals surface area contributed by atoms with E-state index >= 15 is 0 Å². The van der Waals surface area contributed by atoms with Crippen molar-refractivity contribution in [1.82, 2.24) is 0 Å². The zero-order chi connectivity index (χ0) is 8.69. The fourth-order valence-corrected chi connectivity index (χ4v) is 0.766. The van der Waals surface area contributed by atoms with Gasteiger partial charge in [0.15, 0.2) is 5.96 Å². The van der Waals surface area contributed by atoms with E-state index in [1.807, 2.05) is 0 Å². The monoisotopic (exact) mass is 174 g/mol. The van der Waals surface area contributed by atoms with Crippen molar-refractivity contribution in [1.29, 1.82) is 0 Å². The minimum absolute atomic E-state index is 0. The molecule has 0 aromatic heterocycles. The summed E-state index contributed by atoms with van der Waals surface area (Å²) in [7, 11) is 0. The van der Waals surface area contributed by atoms with Crippen molar-refractivity contribution in [2.24, 2.45) is 22.2 Å². The van der Waals surface area contributed by atoms with Crippen LogP contribution in [0.4, 0.5) is 0 Å². The predicted octanol–water partition coefficient (Wildman–Crippen LogP) is 0.413. The molecule has 0 saturated carbocycles. The van der Waals surface area contributed by atoms with E-state index in [1.165, 1.54) is 0 Å². The Morgan fingerprint density at radius 1 is 1.42 bits per heavy atom. The van der Waals surface area contributed by atoms with Gasteiger partial charge in [0.1, 0.15) is 0 Å². The third-order valence-corrected chi connectivity index (χ3v) is 1.55. The lowest BCUT2D eigenvalue weighted by atomic mass is 10.1. The Bertz CT molecular complexity index is 118. The van der Waals surface area contributed by atoms with Crippen LogP contribution in [0, 0.1) is 0 Å². The summed E-state index contributed by atoms with van der Waals surface area (Å²) in [5.41, 5.74) is 16.0. The number of aliphatic imine (C=N–C) groups is 1. The van der Waals surface area contributed by atoms with Crippen LogP contribution >= 0.6 is 0 Å². The third-order valence-electron chi connectivity index (χ3n) is 1.55. The molecular weight excluding hydrogens is 152 g/mol. The highest BCUT2D eigenvalue weighted by Crippen LogP contribution is 1.97. The molecule has 4 heteroatoms. The second-order valence-electron chi connectivity index (χ2n) is 2.62. The largest absolute Gasteiger partial charge is 0.370 e. The molecule has 0 aliphatic heterocycles. The molecule has 0 fully saturated rings. The molecule has 0 aromatic carbocycles. The fourth-order valence-electron chi connectivity index (χ4n) is 0.766. The molecule has 0 saturated heterocycles. The van der Waals surface area contributed by atoms with Gasteiger partial charge in [0, 0.05) is 12.6 Å². The van der Waals surface area contributed by atoms with Gasteiger partial charge in [-0.15, -0.1) is 0 Å². The second-order valence-corrected chi connectivity index (χ2v) is 2.62. The number of guanidine groups is 1. The van der Waals surface area contributed by atoms with Crippen LogP contribution < -0.4 is 17.2 Å². The molecule has 0 rings (SSSR count). The molecule has 74 valence electrons. The van der Waals surface area contributed by atoms with Crippen LogP contribution in [0.15, 0.2) is 4.99 Å². The Kier molecular flexibility index (Phi) is 9.57. The Labute approximate surface area is 75.2 Å². The van der Waals surface area contributed by atoms with Crippen LogP contribution in [0.5, 0.6) is 0 Å². The van der Waals surface area contributed by atoms with Crippen LogP contribution in [0.1, 0.15) is 33.6 Å². The molecule has 0 aliphatic carbocycles. The van der Waals surface area contributed by atoms with Gasteiger partial charge in [-0.25, -0.2) is 0 Å². The average Bonchev–Trinajstić information content (AvgIpc) is 1.97. The molecule has 4 nitrogen and oxygen atoms in total. The van der Waals surface area contributed by atoms with Gasteiger partial charge in [-0.3, -0.25) is 4.99 Å². The second kappa shape index (κ2) is 8.33. The van der Waals surface area contributed by atoms with E-state index in [-0.39, 0.29) is 13.4 Å². The van der Waals surface area contributed by atoms with E-state index in [0.717, 1.165) is 19.3 Å². The molecule has 0 radical (unpaired) electrons. The normalized spacial score (nSPS) is 11.5. The van der Waals surface area contributed by atoms with Crippen molar-refractivity contribution < 1.29 is 0 Å². The highest BCUT2D eigenvalue weighted by Gasteiger charge is 1.96. The SMILES string of the molecule is C.CC[C@@H](N)CCCN=C(N)N. The quantitative estimate of drug-likeness (QED) is 0.320. The number of hydrogen-bond acceptors (Lipinski definition) is 2. The molecule has 0 aromatic rings. The first-order valence-corrected chi connectivity index (χ1v) is 3.97. The Morgan fingerprint density at radius 3 is 2.42 bits per heavy atom. The summed E-state index contributed by atoms with van der Waals surface area (Å²) in [6.45, 7) is 2.77. The van der Waals surface area contributed by atoms with Gasteiger partial charge in [-0.05, 0) is 19.3 Å². The highest BCUT2D eigenvalue weighted by molar-refractivity contribution is 5.75. The first-order chi connectivity index (χ1) is 5.16. The van der Waals surface area contributed by atoms with Crippen LogP contribution in [0.3, 0.4) is 0 Å². The lowest BCUT2D eigenvalue weighted by Crippen LogP contribution is -2.23. The van der Waals surface area contributed by atoms with Gasteiger partial charge in [0.25, 0.3) is 0 Å². The standard InChI is InChI=1S/C7H18N4.CH4/c1-2-6(8)4-3-5-11-7(9)10;/h6H,2-5,8H2,1H3,(H4,9,10,11);1H4/t6-;/m1./s1. The number of rotatable bonds is 5. The maximum absolute atomic E-state index is 5.68. The Balaban J connectivity index is 0. The van der Waals surface area contributed by atoms with E-state index in [9.17, 15) is 0 Å². The van der Waals surface area contributed by atoms with E-state index in [1.54, 1.807) is 0 Å². The summed E-state index contributed by atoms with van der Waals surface area (Å²) in [6.07, 6.45) is 2.97. The molecule has 0 bridgehead atoms. The van der Waals surface area contributed by atoms with Gasteiger partial charge >= 0.3 is 0 Å². The smallest absolute Gasteiger partial charge is 0.185 e. The van der Waals surface area contributed by atoms with Crippen LogP contribution in [0.2, 0.25) is 0 Å². The van der Waals surface area contributed by atoms with Gasteiger partial charge in [0.2, 0.25) is 0 Å². The summed E-state index contributed by atoms with van der Waals surface area (Å²) in [5.74, 6) is 0.162. The topological polar surface area (TPSA) is 90.4 Å². The predicted molar refractivity (Wildman–Crippen MR) is 54.9 cm³/mol. The first-order valence-electron chi connectivity index (χ1n) is 3.97. The molecule has 0 heterocycles. The Hall–Kier alpha value is -0.770. The summed E-state index contributed by atoms with van der Waals surface area (Å²) >= 11 is 0. The Morgan fingerprint density at radius 2 is 2.00 bits per heavy atom. The van der Waals surface area contributed by atoms with Crippen LogP contribution in [-0.2, 0) is 0 Å². The van der Waals surface area contributed by atoms with Crippen molar-refractivity contribution in [3.8, 4) is 0 Å². The highest BCUT2D eigenvalue weighted by atomic mass is 15.0. The lowest BCUT2D eigenvalue weighted by molar-refractivity contribution is 0.573. The van der Waals surface area contributed by atoms with Crippen LogP contribution in [0.25, 0.3) is 0 Å². The molecular formula is C8H22N4. The zero-order valence-electron chi connectivity index (χ0n) is 7.09. The van der Waals surface area contributed by atoms with E-state index in [0.29, 0.717) is 12.6 Å². The van der Waals surface area contributed by atoms with Gasteiger partial charge in [-0.2, -0.15) is 0 Å². The first kappa shape index (κ1) is 13.8. The van der Waals surface area contributed by atoms with E-state index < -0.39 is 0 Å². The fraction of sp³-hybridized carbons (Fsp3) is 0.875. The minimum atomic E-state index is 0. The van der Waals surface area contributed by atoms with Crippen molar-refractivity contribution in [3.05, 3.63) is 0 Å². The van der Waals surface area contributed by atoms with Gasteiger partial charge in [-0.1, -0.05) is 14.4 Å². The third kappa shape index (κ3) is 9.23. The van der Waals surface area contributed by atoms with Crippen molar-refractivity contribution in [2.75, 3.05) is 6.54 Å². The van der Waals surface area contributed by atoms with Crippen molar-refractivity contribution >= 4 is 5.96 Å². The maximum atomic E-state index is 5.68. The molecule has 12 heavy (non-hydrogen) atoms. The number of hydrogen-bond donors (Lipinski definition) is 3. The number of nitrogens with zero attached hydrogens (tertiary/aromatic N) is 1. The van der Waals surface area contributed by atoms with Gasteiger partial charge < -0.3 is 17.2 Å². The van der Waals surface area contributed by atoms with E-state index in [2.05, 4.69) is 11.9 Å². The summed E-state index contributed by atoms with van der Waals surface area (Å²) in [6, 6.07) is 0.296. The van der Waals surface area contributed by atoms with E-state index in [4.69, 9.17) is 17.2 Å². The maximum Gasteiger partial charge on any atom is 0.185 e. The number of nitrogens with two attached hydrogens (primary N) is 3. The minimum Gasteiger partial charge on any atom is -0.370 e.